The van der Waals surface area contributed by atoms with Gasteiger partial charge in [0.25, 0.3) is 0 Å². The third-order valence-electron chi connectivity index (χ3n) is 5.25. The van der Waals surface area contributed by atoms with Gasteiger partial charge in [-0.15, -0.1) is 0 Å². The number of imidazole rings is 1. The number of H-pyrrole nitrogens is 1. The van der Waals surface area contributed by atoms with Crippen molar-refractivity contribution in [2.75, 3.05) is 19.6 Å². The first-order valence-corrected chi connectivity index (χ1v) is 9.91. The molecule has 7 heteroatoms. The van der Waals surface area contributed by atoms with E-state index in [0.29, 0.717) is 23.3 Å². The molecule has 0 atom stereocenters. The van der Waals surface area contributed by atoms with Gasteiger partial charge >= 0.3 is 6.18 Å². The molecule has 0 amide bonds. The average Bonchev–Trinajstić information content (AvgIpc) is 3.01. The summed E-state index contributed by atoms with van der Waals surface area (Å²) >= 11 is 0. The van der Waals surface area contributed by atoms with E-state index in [9.17, 15) is 13.2 Å². The minimum Gasteiger partial charge on any atom is -0.342 e. The summed E-state index contributed by atoms with van der Waals surface area (Å²) in [5.74, 6) is 1.28. The summed E-state index contributed by atoms with van der Waals surface area (Å²) in [6.45, 7) is 10.3. The predicted octanol–water partition coefficient (Wildman–Crippen LogP) is 4.61. The lowest BCUT2D eigenvalue weighted by Gasteiger charge is -2.32. The van der Waals surface area contributed by atoms with Gasteiger partial charge in [-0.3, -0.25) is 4.90 Å². The number of nitrogens with one attached hydrogen (secondary N) is 2. The summed E-state index contributed by atoms with van der Waals surface area (Å²) < 4.78 is 38.2. The van der Waals surface area contributed by atoms with Crippen LogP contribution in [0.1, 0.15) is 43.6 Å². The first-order chi connectivity index (χ1) is 13.2. The number of halogens is 3. The van der Waals surface area contributed by atoms with Crippen molar-refractivity contribution in [2.45, 2.75) is 52.4 Å². The maximum absolute atomic E-state index is 12.7. The number of piperidine rings is 1. The molecule has 2 N–H and O–H groups in total. The smallest absolute Gasteiger partial charge is 0.342 e. The number of hydrogen-bond donors (Lipinski definition) is 2. The van der Waals surface area contributed by atoms with Crippen LogP contribution < -0.4 is 5.32 Å². The Labute approximate surface area is 164 Å². The summed E-state index contributed by atoms with van der Waals surface area (Å²) in [6, 6.07) is 5.72. The molecule has 28 heavy (non-hydrogen) atoms. The number of aromatic nitrogens is 2. The number of likely N-dealkylation sites (tertiary alicyclic amines) is 1. The highest BCUT2D eigenvalue weighted by atomic mass is 19.4. The Morgan fingerprint density at radius 2 is 1.82 bits per heavy atom. The molecule has 1 aliphatic heterocycles. The van der Waals surface area contributed by atoms with Crippen molar-refractivity contribution in [2.24, 2.45) is 5.92 Å². The lowest BCUT2D eigenvalue weighted by molar-refractivity contribution is -0.137. The van der Waals surface area contributed by atoms with Crippen LogP contribution in [-0.2, 0) is 12.7 Å². The van der Waals surface area contributed by atoms with Crippen molar-refractivity contribution in [1.82, 2.24) is 20.2 Å². The molecule has 4 nitrogen and oxygen atoms in total. The first-order valence-electron chi connectivity index (χ1n) is 9.91. The number of benzene rings is 1. The molecule has 0 saturated carbocycles. The maximum atomic E-state index is 12.7. The van der Waals surface area contributed by atoms with Gasteiger partial charge in [-0.2, -0.15) is 13.2 Å². The predicted molar refractivity (Wildman–Crippen MR) is 105 cm³/mol. The highest BCUT2D eigenvalue weighted by Crippen LogP contribution is 2.30. The molecule has 3 rings (SSSR count). The number of hydrogen-bond acceptors (Lipinski definition) is 3. The van der Waals surface area contributed by atoms with Gasteiger partial charge in [-0.25, -0.2) is 4.98 Å². The highest BCUT2D eigenvalue weighted by Gasteiger charge is 2.30. The first kappa shape index (κ1) is 20.9. The zero-order chi connectivity index (χ0) is 20.3. The maximum Gasteiger partial charge on any atom is 0.416 e. The summed E-state index contributed by atoms with van der Waals surface area (Å²) in [5.41, 5.74) is 1.95. The number of aromatic amines is 1. The number of alkyl halides is 3. The molecule has 2 aromatic rings. The Bertz CT molecular complexity index is 757. The number of rotatable bonds is 6. The minimum absolute atomic E-state index is 0.585. The lowest BCUT2D eigenvalue weighted by Crippen LogP contribution is -2.43. The van der Waals surface area contributed by atoms with Gasteiger partial charge in [-0.1, -0.05) is 26.0 Å². The van der Waals surface area contributed by atoms with E-state index in [1.54, 1.807) is 0 Å². The molecule has 1 saturated heterocycles. The van der Waals surface area contributed by atoms with E-state index in [0.717, 1.165) is 62.5 Å². The second-order valence-electron chi connectivity index (χ2n) is 8.08. The van der Waals surface area contributed by atoms with E-state index < -0.39 is 11.7 Å². The van der Waals surface area contributed by atoms with E-state index in [2.05, 4.69) is 34.0 Å². The van der Waals surface area contributed by atoms with Gasteiger partial charge in [-0.05, 0) is 44.4 Å². The molecule has 154 valence electrons. The van der Waals surface area contributed by atoms with Crippen molar-refractivity contribution < 1.29 is 13.2 Å². The Morgan fingerprint density at radius 3 is 2.39 bits per heavy atom. The zero-order valence-electron chi connectivity index (χ0n) is 16.7. The van der Waals surface area contributed by atoms with Crippen LogP contribution in [0.25, 0.3) is 11.4 Å². The molecular formula is C21H29F3N4. The topological polar surface area (TPSA) is 44.0 Å². The van der Waals surface area contributed by atoms with Gasteiger partial charge in [0.1, 0.15) is 5.82 Å². The third-order valence-corrected chi connectivity index (χ3v) is 5.25. The molecule has 1 aromatic carbocycles. The number of aryl methyl sites for hydroxylation is 1. The van der Waals surface area contributed by atoms with Gasteiger partial charge in [0.2, 0.25) is 0 Å². The Morgan fingerprint density at radius 1 is 1.18 bits per heavy atom. The molecule has 2 heterocycles. The van der Waals surface area contributed by atoms with Crippen LogP contribution in [0, 0.1) is 12.8 Å². The van der Waals surface area contributed by atoms with Crippen LogP contribution in [0.5, 0.6) is 0 Å². The van der Waals surface area contributed by atoms with Crippen LogP contribution in [0.2, 0.25) is 0 Å². The molecule has 1 fully saturated rings. The summed E-state index contributed by atoms with van der Waals surface area (Å²) in [4.78, 5) is 10.3. The number of nitrogens with zero attached hydrogens (tertiary/aromatic N) is 2. The van der Waals surface area contributed by atoms with Crippen molar-refractivity contribution in [3.63, 3.8) is 0 Å². The summed E-state index contributed by atoms with van der Waals surface area (Å²) in [5, 5.41) is 3.63. The largest absolute Gasteiger partial charge is 0.416 e. The van der Waals surface area contributed by atoms with Crippen LogP contribution in [0.15, 0.2) is 24.3 Å². The fraction of sp³-hybridized carbons (Fsp3) is 0.571. The molecule has 1 aliphatic rings. The van der Waals surface area contributed by atoms with Crippen molar-refractivity contribution in [1.29, 1.82) is 0 Å². The van der Waals surface area contributed by atoms with Crippen molar-refractivity contribution >= 4 is 0 Å². The average molecular weight is 394 g/mol. The van der Waals surface area contributed by atoms with E-state index in [1.807, 2.05) is 6.92 Å². The second kappa shape index (κ2) is 8.66. The molecule has 0 unspecified atom stereocenters. The van der Waals surface area contributed by atoms with Gasteiger partial charge in [0, 0.05) is 36.9 Å². The SMILES string of the molecule is Cc1[nH]c(-c2ccc(C(F)(F)F)cc2)nc1CN1CCC(NCC(C)C)CC1. The van der Waals surface area contributed by atoms with Gasteiger partial charge in [0.05, 0.1) is 11.3 Å². The van der Waals surface area contributed by atoms with E-state index in [1.165, 1.54) is 12.1 Å². The van der Waals surface area contributed by atoms with Crippen LogP contribution in [0.3, 0.4) is 0 Å². The minimum atomic E-state index is -4.32. The van der Waals surface area contributed by atoms with Gasteiger partial charge in [0.15, 0.2) is 0 Å². The van der Waals surface area contributed by atoms with Crippen molar-refractivity contribution in [3.05, 3.63) is 41.2 Å². The molecule has 0 bridgehead atoms. The standard InChI is InChI=1S/C21H29F3N4/c1-14(2)12-25-18-8-10-28(11-9-18)13-19-15(3)26-20(27-19)16-4-6-17(7-5-16)21(22,23)24/h4-7,14,18,25H,8-13H2,1-3H3,(H,26,27). The van der Waals surface area contributed by atoms with Crippen LogP contribution >= 0.6 is 0 Å². The van der Waals surface area contributed by atoms with Crippen LogP contribution in [-0.4, -0.2) is 40.5 Å². The fourth-order valence-electron chi connectivity index (χ4n) is 3.51. The molecule has 1 aromatic heterocycles. The molecule has 0 aliphatic carbocycles. The summed E-state index contributed by atoms with van der Waals surface area (Å²) in [6.07, 6.45) is -2.07. The quantitative estimate of drug-likeness (QED) is 0.752. The third kappa shape index (κ3) is 5.35. The lowest BCUT2D eigenvalue weighted by atomic mass is 10.0. The fourth-order valence-corrected chi connectivity index (χ4v) is 3.51. The van der Waals surface area contributed by atoms with E-state index in [4.69, 9.17) is 0 Å². The Balaban J connectivity index is 1.59. The molecule has 0 spiro atoms. The zero-order valence-corrected chi connectivity index (χ0v) is 16.7. The van der Waals surface area contributed by atoms with Gasteiger partial charge < -0.3 is 10.3 Å². The summed E-state index contributed by atoms with van der Waals surface area (Å²) in [7, 11) is 0. The highest BCUT2D eigenvalue weighted by molar-refractivity contribution is 5.56. The molecule has 0 radical (unpaired) electrons. The van der Waals surface area contributed by atoms with Crippen LogP contribution in [0.4, 0.5) is 13.2 Å². The second-order valence-corrected chi connectivity index (χ2v) is 8.08. The monoisotopic (exact) mass is 394 g/mol. The van der Waals surface area contributed by atoms with E-state index >= 15 is 0 Å². The normalized spacial score (nSPS) is 16.8. The Kier molecular flexibility index (Phi) is 6.45. The van der Waals surface area contributed by atoms with Crippen molar-refractivity contribution in [3.8, 4) is 11.4 Å². The van der Waals surface area contributed by atoms with E-state index in [-0.39, 0.29) is 0 Å². The Hall–Kier alpha value is -1.86. The molecular weight excluding hydrogens is 365 g/mol.